The van der Waals surface area contributed by atoms with E-state index in [1.807, 2.05) is 0 Å². The smallest absolute Gasteiger partial charge is 0.347 e. The maximum absolute atomic E-state index is 13.0. The van der Waals surface area contributed by atoms with E-state index < -0.39 is 30.0 Å². The van der Waals surface area contributed by atoms with Crippen molar-refractivity contribution in [3.8, 4) is 0 Å². The van der Waals surface area contributed by atoms with Crippen LogP contribution in [-0.4, -0.2) is 15.9 Å². The van der Waals surface area contributed by atoms with Crippen LogP contribution in [0.4, 0.5) is 17.6 Å². The summed E-state index contributed by atoms with van der Waals surface area (Å²) in [6, 6.07) is 2.23. The monoisotopic (exact) mass is 347 g/mol. The van der Waals surface area contributed by atoms with E-state index in [0.717, 1.165) is 12.1 Å². The molecule has 0 fully saturated rings. The van der Waals surface area contributed by atoms with Crippen LogP contribution in [0.5, 0.6) is 0 Å². The molecule has 0 atom stereocenters. The first kappa shape index (κ1) is 17.1. The SMILES string of the molecule is Cc1ncc(Cl)c(C(=O)NCc2ccc(F)cc2C(F)(F)F)n1. The number of hydrogen-bond acceptors (Lipinski definition) is 3. The molecule has 122 valence electrons. The van der Waals surface area contributed by atoms with Crippen molar-refractivity contribution in [1.29, 1.82) is 0 Å². The first-order valence-corrected chi connectivity index (χ1v) is 6.69. The van der Waals surface area contributed by atoms with Gasteiger partial charge in [-0.2, -0.15) is 13.2 Å². The molecule has 0 bridgehead atoms. The highest BCUT2D eigenvalue weighted by atomic mass is 35.5. The predicted octanol–water partition coefficient (Wildman–Crippen LogP) is 3.53. The van der Waals surface area contributed by atoms with Gasteiger partial charge in [0.2, 0.25) is 0 Å². The second kappa shape index (κ2) is 6.49. The van der Waals surface area contributed by atoms with Gasteiger partial charge in [-0.1, -0.05) is 17.7 Å². The summed E-state index contributed by atoms with van der Waals surface area (Å²) >= 11 is 5.78. The summed E-state index contributed by atoms with van der Waals surface area (Å²) in [6.45, 7) is 1.09. The average molecular weight is 348 g/mol. The van der Waals surface area contributed by atoms with E-state index in [1.165, 1.54) is 13.1 Å². The van der Waals surface area contributed by atoms with Crippen LogP contribution < -0.4 is 5.32 Å². The van der Waals surface area contributed by atoms with Gasteiger partial charge in [0.25, 0.3) is 5.91 Å². The van der Waals surface area contributed by atoms with E-state index in [2.05, 4.69) is 15.3 Å². The highest BCUT2D eigenvalue weighted by molar-refractivity contribution is 6.33. The summed E-state index contributed by atoms with van der Waals surface area (Å²) < 4.78 is 51.6. The molecule has 9 heteroatoms. The van der Waals surface area contributed by atoms with Crippen LogP contribution in [0.25, 0.3) is 0 Å². The molecule has 2 aromatic rings. The summed E-state index contributed by atoms with van der Waals surface area (Å²) in [4.78, 5) is 19.6. The number of carbonyl (C=O) groups excluding carboxylic acids is 1. The van der Waals surface area contributed by atoms with Crippen molar-refractivity contribution >= 4 is 17.5 Å². The molecular formula is C14H10ClF4N3O. The van der Waals surface area contributed by atoms with Crippen molar-refractivity contribution in [3.05, 3.63) is 57.9 Å². The van der Waals surface area contributed by atoms with Gasteiger partial charge < -0.3 is 5.32 Å². The highest BCUT2D eigenvalue weighted by Gasteiger charge is 2.33. The zero-order valence-electron chi connectivity index (χ0n) is 11.7. The first-order chi connectivity index (χ1) is 10.7. The zero-order valence-corrected chi connectivity index (χ0v) is 12.5. The van der Waals surface area contributed by atoms with Crippen molar-refractivity contribution in [2.45, 2.75) is 19.6 Å². The lowest BCUT2D eigenvalue weighted by atomic mass is 10.1. The Hall–Kier alpha value is -2.22. The van der Waals surface area contributed by atoms with Gasteiger partial charge in [0.05, 0.1) is 16.8 Å². The Morgan fingerprint density at radius 2 is 2.04 bits per heavy atom. The number of nitrogens with one attached hydrogen (secondary N) is 1. The lowest BCUT2D eigenvalue weighted by Crippen LogP contribution is -2.26. The van der Waals surface area contributed by atoms with Gasteiger partial charge in [-0.3, -0.25) is 4.79 Å². The molecule has 0 aliphatic carbocycles. The third kappa shape index (κ3) is 4.16. The van der Waals surface area contributed by atoms with Crippen molar-refractivity contribution in [2.24, 2.45) is 0 Å². The second-order valence-corrected chi connectivity index (χ2v) is 5.00. The number of hydrogen-bond donors (Lipinski definition) is 1. The van der Waals surface area contributed by atoms with Crippen LogP contribution in [0, 0.1) is 12.7 Å². The minimum absolute atomic E-state index is 0.0248. The molecule has 0 aliphatic heterocycles. The predicted molar refractivity (Wildman–Crippen MR) is 74.4 cm³/mol. The summed E-state index contributed by atoms with van der Waals surface area (Å²) in [7, 11) is 0. The molecular weight excluding hydrogens is 338 g/mol. The Balaban J connectivity index is 2.21. The highest BCUT2D eigenvalue weighted by Crippen LogP contribution is 2.32. The van der Waals surface area contributed by atoms with Crippen molar-refractivity contribution < 1.29 is 22.4 Å². The fourth-order valence-corrected chi connectivity index (χ4v) is 2.02. The quantitative estimate of drug-likeness (QED) is 0.864. The van der Waals surface area contributed by atoms with E-state index >= 15 is 0 Å². The van der Waals surface area contributed by atoms with Gasteiger partial charge in [-0.25, -0.2) is 14.4 Å². The van der Waals surface area contributed by atoms with Crippen molar-refractivity contribution in [2.75, 3.05) is 0 Å². The third-order valence-electron chi connectivity index (χ3n) is 2.90. The Bertz CT molecular complexity index is 749. The van der Waals surface area contributed by atoms with Gasteiger partial charge in [-0.15, -0.1) is 0 Å². The number of aryl methyl sites for hydroxylation is 1. The van der Waals surface area contributed by atoms with Crippen molar-refractivity contribution in [3.63, 3.8) is 0 Å². The number of rotatable bonds is 3. The summed E-state index contributed by atoms with van der Waals surface area (Å²) in [5.41, 5.74) is -1.56. The topological polar surface area (TPSA) is 54.9 Å². The fraction of sp³-hybridized carbons (Fsp3) is 0.214. The van der Waals surface area contributed by atoms with Crippen LogP contribution in [0.1, 0.15) is 27.4 Å². The van der Waals surface area contributed by atoms with E-state index in [0.29, 0.717) is 6.07 Å². The van der Waals surface area contributed by atoms with Crippen LogP contribution in [0.15, 0.2) is 24.4 Å². The van der Waals surface area contributed by atoms with E-state index in [1.54, 1.807) is 0 Å². The van der Waals surface area contributed by atoms with Gasteiger partial charge in [-0.05, 0) is 24.6 Å². The van der Waals surface area contributed by atoms with Gasteiger partial charge >= 0.3 is 6.18 Å². The van der Waals surface area contributed by atoms with E-state index in [-0.39, 0.29) is 22.1 Å². The molecule has 1 N–H and O–H groups in total. The van der Waals surface area contributed by atoms with Crippen LogP contribution >= 0.6 is 11.6 Å². The largest absolute Gasteiger partial charge is 0.416 e. The molecule has 0 saturated carbocycles. The molecule has 1 aromatic heterocycles. The summed E-state index contributed by atoms with van der Waals surface area (Å²) in [6.07, 6.45) is -3.51. The molecule has 0 unspecified atom stereocenters. The Morgan fingerprint density at radius 3 is 2.70 bits per heavy atom. The molecule has 2 rings (SSSR count). The molecule has 0 aliphatic rings. The van der Waals surface area contributed by atoms with Gasteiger partial charge in [0.1, 0.15) is 17.3 Å². The summed E-state index contributed by atoms with van der Waals surface area (Å²) in [5, 5.41) is 2.25. The molecule has 0 radical (unpaired) electrons. The minimum Gasteiger partial charge on any atom is -0.347 e. The fourth-order valence-electron chi connectivity index (χ4n) is 1.84. The first-order valence-electron chi connectivity index (χ1n) is 6.31. The molecule has 0 saturated heterocycles. The van der Waals surface area contributed by atoms with Crippen LogP contribution in [0.3, 0.4) is 0 Å². The maximum Gasteiger partial charge on any atom is 0.416 e. The number of benzene rings is 1. The number of amides is 1. The van der Waals surface area contributed by atoms with E-state index in [9.17, 15) is 22.4 Å². The van der Waals surface area contributed by atoms with Gasteiger partial charge in [0.15, 0.2) is 0 Å². The van der Waals surface area contributed by atoms with E-state index in [4.69, 9.17) is 11.6 Å². The molecule has 1 aromatic carbocycles. The number of aromatic nitrogens is 2. The third-order valence-corrected chi connectivity index (χ3v) is 3.17. The number of alkyl halides is 3. The lowest BCUT2D eigenvalue weighted by molar-refractivity contribution is -0.138. The molecule has 4 nitrogen and oxygen atoms in total. The molecule has 1 heterocycles. The number of carbonyl (C=O) groups is 1. The molecule has 1 amide bonds. The normalized spacial score (nSPS) is 11.4. The number of nitrogens with zero attached hydrogens (tertiary/aromatic N) is 2. The minimum atomic E-state index is -4.73. The Morgan fingerprint density at radius 1 is 1.35 bits per heavy atom. The average Bonchev–Trinajstić information content (AvgIpc) is 2.47. The van der Waals surface area contributed by atoms with Gasteiger partial charge in [0, 0.05) is 6.54 Å². The van der Waals surface area contributed by atoms with Crippen LogP contribution in [-0.2, 0) is 12.7 Å². The Labute approximate surface area is 133 Å². The van der Waals surface area contributed by atoms with Crippen molar-refractivity contribution in [1.82, 2.24) is 15.3 Å². The molecule has 0 spiro atoms. The lowest BCUT2D eigenvalue weighted by Gasteiger charge is -2.13. The summed E-state index contributed by atoms with van der Waals surface area (Å²) in [5.74, 6) is -1.47. The second-order valence-electron chi connectivity index (χ2n) is 4.60. The standard InChI is InChI=1S/C14H10ClF4N3O/c1-7-20-6-11(15)12(22-7)13(23)21-5-8-2-3-9(16)4-10(8)14(17,18)19/h2-4,6H,5H2,1H3,(H,21,23). The molecule has 23 heavy (non-hydrogen) atoms. The Kier molecular flexibility index (Phi) is 4.84. The maximum atomic E-state index is 13.0. The van der Waals surface area contributed by atoms with Crippen LogP contribution in [0.2, 0.25) is 5.02 Å². The zero-order chi connectivity index (χ0) is 17.2. The number of halogens is 5.